The van der Waals surface area contributed by atoms with Crippen LogP contribution in [0.25, 0.3) is 0 Å². The standard InChI is InChI=1S/C22H25F5N6O2/c23-18(24)21(34)31-7-3-16-13(11-31)20(30-33(16)12-4-8-35-9-5-12)32-6-1-2-15-17(32)10-14(19(28)29-15)22(25,26)27/h10,12,18H,1-9,11H2,(H2,28,29). The van der Waals surface area contributed by atoms with Gasteiger partial charge in [0.2, 0.25) is 0 Å². The second-order valence-corrected chi connectivity index (χ2v) is 8.99. The number of pyridine rings is 1. The molecule has 0 bridgehead atoms. The first kappa shape index (κ1) is 23.8. The Morgan fingerprint density at radius 1 is 1.17 bits per heavy atom. The van der Waals surface area contributed by atoms with Crippen molar-refractivity contribution in [1.29, 1.82) is 0 Å². The quantitative estimate of drug-likeness (QED) is 0.650. The monoisotopic (exact) mass is 500 g/mol. The van der Waals surface area contributed by atoms with E-state index < -0.39 is 29.9 Å². The number of alkyl halides is 5. The Bertz CT molecular complexity index is 1130. The van der Waals surface area contributed by atoms with E-state index in [9.17, 15) is 26.7 Å². The van der Waals surface area contributed by atoms with E-state index in [0.29, 0.717) is 68.9 Å². The van der Waals surface area contributed by atoms with Crippen molar-refractivity contribution in [2.24, 2.45) is 0 Å². The molecule has 0 aromatic carbocycles. The lowest BCUT2D eigenvalue weighted by atomic mass is 10.0. The molecule has 190 valence electrons. The fraction of sp³-hybridized carbons (Fsp3) is 0.591. The highest BCUT2D eigenvalue weighted by molar-refractivity contribution is 5.80. The summed E-state index contributed by atoms with van der Waals surface area (Å²) in [5, 5.41) is 4.81. The van der Waals surface area contributed by atoms with Crippen molar-refractivity contribution in [3.63, 3.8) is 0 Å². The van der Waals surface area contributed by atoms with Crippen molar-refractivity contribution in [3.05, 3.63) is 28.6 Å². The van der Waals surface area contributed by atoms with Gasteiger partial charge >= 0.3 is 12.6 Å². The van der Waals surface area contributed by atoms with Crippen LogP contribution < -0.4 is 10.6 Å². The van der Waals surface area contributed by atoms with Gasteiger partial charge in [-0.05, 0) is 31.7 Å². The molecule has 8 nitrogen and oxygen atoms in total. The predicted octanol–water partition coefficient (Wildman–Crippen LogP) is 3.46. The van der Waals surface area contributed by atoms with E-state index in [0.717, 1.165) is 16.7 Å². The third-order valence-electron chi connectivity index (χ3n) is 6.86. The SMILES string of the molecule is Nc1nc2c(cc1C(F)(F)F)N(c1nn(C3CCOCC3)c3c1CN(C(=O)C(F)F)CC3)CCC2. The summed E-state index contributed by atoms with van der Waals surface area (Å²) >= 11 is 0. The minimum absolute atomic E-state index is 0.0168. The fourth-order valence-corrected chi connectivity index (χ4v) is 5.15. The molecular weight excluding hydrogens is 475 g/mol. The number of hydrogen-bond donors (Lipinski definition) is 1. The van der Waals surface area contributed by atoms with Gasteiger partial charge in [0.05, 0.1) is 29.5 Å². The first-order chi connectivity index (χ1) is 16.6. The maximum atomic E-state index is 13.6. The van der Waals surface area contributed by atoms with E-state index in [1.165, 1.54) is 0 Å². The summed E-state index contributed by atoms with van der Waals surface area (Å²) in [4.78, 5) is 18.8. The number of halogens is 5. The molecule has 0 unspecified atom stereocenters. The average molecular weight is 500 g/mol. The molecular formula is C22H25F5N6O2. The fourth-order valence-electron chi connectivity index (χ4n) is 5.15. The van der Waals surface area contributed by atoms with Crippen LogP contribution in [-0.2, 0) is 35.1 Å². The molecule has 1 fully saturated rings. The second-order valence-electron chi connectivity index (χ2n) is 8.99. The van der Waals surface area contributed by atoms with Crippen LogP contribution in [0.5, 0.6) is 0 Å². The van der Waals surface area contributed by atoms with Crippen LogP contribution in [-0.4, -0.2) is 58.3 Å². The largest absolute Gasteiger partial charge is 0.420 e. The number of ether oxygens (including phenoxy) is 1. The summed E-state index contributed by atoms with van der Waals surface area (Å²) < 4.78 is 74.4. The van der Waals surface area contributed by atoms with Gasteiger partial charge in [-0.1, -0.05) is 0 Å². The Morgan fingerprint density at radius 2 is 1.91 bits per heavy atom. The maximum Gasteiger partial charge on any atom is 0.420 e. The van der Waals surface area contributed by atoms with Crippen molar-refractivity contribution in [2.75, 3.05) is 36.9 Å². The van der Waals surface area contributed by atoms with Gasteiger partial charge in [0.1, 0.15) is 5.82 Å². The minimum atomic E-state index is -4.68. The molecule has 0 spiro atoms. The van der Waals surface area contributed by atoms with Gasteiger partial charge in [-0.15, -0.1) is 0 Å². The highest BCUT2D eigenvalue weighted by atomic mass is 19.4. The van der Waals surface area contributed by atoms with E-state index in [1.807, 2.05) is 4.68 Å². The summed E-state index contributed by atoms with van der Waals surface area (Å²) in [5.74, 6) is -1.48. The van der Waals surface area contributed by atoms with Crippen molar-refractivity contribution < 1.29 is 31.5 Å². The maximum absolute atomic E-state index is 13.6. The van der Waals surface area contributed by atoms with Crippen LogP contribution in [0, 0.1) is 0 Å². The van der Waals surface area contributed by atoms with Crippen LogP contribution in [0.2, 0.25) is 0 Å². The van der Waals surface area contributed by atoms with E-state index in [1.54, 1.807) is 4.90 Å². The molecule has 3 aliphatic rings. The Hall–Kier alpha value is -2.96. The summed E-state index contributed by atoms with van der Waals surface area (Å²) in [6.45, 7) is 1.51. The van der Waals surface area contributed by atoms with Crippen LogP contribution >= 0.6 is 0 Å². The molecule has 5 heterocycles. The van der Waals surface area contributed by atoms with Crippen molar-refractivity contribution >= 4 is 23.2 Å². The Balaban J connectivity index is 1.61. The van der Waals surface area contributed by atoms with Crippen molar-refractivity contribution in [1.82, 2.24) is 19.7 Å². The number of carbonyl (C=O) groups excluding carboxylic acids is 1. The van der Waals surface area contributed by atoms with Gasteiger partial charge in [-0.3, -0.25) is 9.48 Å². The van der Waals surface area contributed by atoms with Gasteiger partial charge in [-0.2, -0.15) is 27.1 Å². The van der Waals surface area contributed by atoms with Gasteiger partial charge in [0.25, 0.3) is 5.91 Å². The smallest absolute Gasteiger partial charge is 0.383 e. The zero-order valence-electron chi connectivity index (χ0n) is 18.8. The molecule has 0 saturated carbocycles. The third kappa shape index (κ3) is 4.30. The van der Waals surface area contributed by atoms with Crippen LogP contribution in [0.1, 0.15) is 47.8 Å². The van der Waals surface area contributed by atoms with Gasteiger partial charge in [0.15, 0.2) is 5.82 Å². The van der Waals surface area contributed by atoms with Crippen LogP contribution in [0.3, 0.4) is 0 Å². The Labute approximate surface area is 197 Å². The van der Waals surface area contributed by atoms with Crippen molar-refractivity contribution in [2.45, 2.75) is 57.3 Å². The van der Waals surface area contributed by atoms with Crippen LogP contribution in [0.15, 0.2) is 6.07 Å². The molecule has 5 rings (SSSR count). The third-order valence-corrected chi connectivity index (χ3v) is 6.86. The number of aromatic nitrogens is 3. The molecule has 2 aromatic rings. The Kier molecular flexibility index (Phi) is 6.06. The van der Waals surface area contributed by atoms with E-state index in [2.05, 4.69) is 4.98 Å². The van der Waals surface area contributed by atoms with E-state index in [4.69, 9.17) is 15.6 Å². The summed E-state index contributed by atoms with van der Waals surface area (Å²) in [6.07, 6.45) is -5.03. The Morgan fingerprint density at radius 3 is 2.60 bits per heavy atom. The topological polar surface area (TPSA) is 89.5 Å². The van der Waals surface area contributed by atoms with Gasteiger partial charge in [0, 0.05) is 44.0 Å². The zero-order valence-corrected chi connectivity index (χ0v) is 18.8. The molecule has 35 heavy (non-hydrogen) atoms. The molecule has 2 aromatic heterocycles. The molecule has 0 atom stereocenters. The van der Waals surface area contributed by atoms with Gasteiger partial charge < -0.3 is 20.3 Å². The highest BCUT2D eigenvalue weighted by Crippen LogP contribution is 2.42. The van der Waals surface area contributed by atoms with E-state index in [-0.39, 0.29) is 24.8 Å². The summed E-state index contributed by atoms with van der Waals surface area (Å²) in [7, 11) is 0. The van der Waals surface area contributed by atoms with Crippen molar-refractivity contribution in [3.8, 4) is 0 Å². The molecule has 0 radical (unpaired) electrons. The molecule has 2 N–H and O–H groups in total. The number of nitrogen functional groups attached to an aromatic ring is 1. The second kappa shape index (κ2) is 8.92. The normalized spacial score (nSPS) is 19.1. The lowest BCUT2D eigenvalue weighted by Gasteiger charge is -2.33. The summed E-state index contributed by atoms with van der Waals surface area (Å²) in [6, 6.07) is 1.00. The number of carbonyl (C=O) groups is 1. The van der Waals surface area contributed by atoms with E-state index >= 15 is 0 Å². The molecule has 1 amide bonds. The number of rotatable bonds is 3. The number of nitrogens with two attached hydrogens (primary N) is 1. The van der Waals surface area contributed by atoms with Crippen LogP contribution in [0.4, 0.5) is 39.3 Å². The number of aryl methyl sites for hydroxylation is 1. The molecule has 3 aliphatic heterocycles. The number of amides is 1. The lowest BCUT2D eigenvalue weighted by molar-refractivity contribution is -0.143. The first-order valence-corrected chi connectivity index (χ1v) is 11.5. The lowest BCUT2D eigenvalue weighted by Crippen LogP contribution is -2.40. The minimum Gasteiger partial charge on any atom is -0.383 e. The molecule has 0 aliphatic carbocycles. The summed E-state index contributed by atoms with van der Waals surface area (Å²) in [5.41, 5.74) is 6.64. The predicted molar refractivity (Wildman–Crippen MR) is 115 cm³/mol. The number of hydrogen-bond acceptors (Lipinski definition) is 6. The zero-order chi connectivity index (χ0) is 24.9. The average Bonchev–Trinajstić information content (AvgIpc) is 3.21. The highest BCUT2D eigenvalue weighted by Gasteiger charge is 2.39. The number of nitrogens with zero attached hydrogens (tertiary/aromatic N) is 5. The van der Waals surface area contributed by atoms with Gasteiger partial charge in [-0.25, -0.2) is 4.98 Å². The molecule has 13 heteroatoms. The number of fused-ring (bicyclic) bond motifs is 2. The first-order valence-electron chi connectivity index (χ1n) is 11.5. The number of anilines is 3. The molecule has 1 saturated heterocycles.